The predicted molar refractivity (Wildman–Crippen MR) is 114 cm³/mol. The van der Waals surface area contributed by atoms with Crippen molar-refractivity contribution >= 4 is 23.6 Å². The van der Waals surface area contributed by atoms with E-state index in [0.29, 0.717) is 18.0 Å². The molecule has 0 fully saturated rings. The van der Waals surface area contributed by atoms with E-state index in [9.17, 15) is 9.59 Å². The number of hydrogen-bond acceptors (Lipinski definition) is 6. The van der Waals surface area contributed by atoms with Gasteiger partial charge in [0.2, 0.25) is 0 Å². The van der Waals surface area contributed by atoms with Crippen LogP contribution >= 0.6 is 11.8 Å². The molecule has 0 bridgehead atoms. The highest BCUT2D eigenvalue weighted by molar-refractivity contribution is 7.99. The second-order valence-corrected chi connectivity index (χ2v) is 7.50. The molecule has 1 atom stereocenters. The van der Waals surface area contributed by atoms with Crippen LogP contribution < -0.4 is 14.8 Å². The number of carbonyl (C=O) groups excluding carboxylic acids is 2. The number of methoxy groups -OCH3 is 2. The molecule has 7 heteroatoms. The Balaban J connectivity index is 1.73. The highest BCUT2D eigenvalue weighted by Gasteiger charge is 2.17. The number of aryl methyl sites for hydroxylation is 1. The van der Waals surface area contributed by atoms with Gasteiger partial charge in [-0.25, -0.2) is 0 Å². The molecular formula is C22H27NO5S. The molecule has 0 unspecified atom stereocenters. The van der Waals surface area contributed by atoms with E-state index in [4.69, 9.17) is 14.2 Å². The van der Waals surface area contributed by atoms with Crippen molar-refractivity contribution in [2.75, 3.05) is 20.0 Å². The topological polar surface area (TPSA) is 73.9 Å². The van der Waals surface area contributed by atoms with Gasteiger partial charge in [0.05, 0.1) is 20.0 Å². The summed E-state index contributed by atoms with van der Waals surface area (Å²) in [6, 6.07) is 13.6. The lowest BCUT2D eigenvalue weighted by atomic mass is 10.2. The van der Waals surface area contributed by atoms with Crippen molar-refractivity contribution in [3.8, 4) is 11.5 Å². The number of esters is 1. The van der Waals surface area contributed by atoms with E-state index in [-0.39, 0.29) is 11.7 Å². The zero-order chi connectivity index (χ0) is 21.2. The van der Waals surface area contributed by atoms with E-state index in [2.05, 4.69) is 5.32 Å². The lowest BCUT2D eigenvalue weighted by molar-refractivity contribution is -0.152. The quantitative estimate of drug-likeness (QED) is 0.597. The molecule has 1 N–H and O–H groups in total. The van der Waals surface area contributed by atoms with Gasteiger partial charge in [0, 0.05) is 12.3 Å². The Hall–Kier alpha value is -2.67. The SMILES string of the molecule is COc1ccc(CNC(=O)[C@@H](C)OC(=O)CSCc2ccc(C)cc2)cc1OC. The monoisotopic (exact) mass is 417 g/mol. The molecule has 156 valence electrons. The second-order valence-electron chi connectivity index (χ2n) is 6.52. The summed E-state index contributed by atoms with van der Waals surface area (Å²) in [5.74, 6) is 1.36. The van der Waals surface area contributed by atoms with Crippen molar-refractivity contribution in [2.24, 2.45) is 0 Å². The molecule has 0 heterocycles. The Labute approximate surface area is 175 Å². The summed E-state index contributed by atoms with van der Waals surface area (Å²) in [5, 5.41) is 2.76. The average Bonchev–Trinajstić information content (AvgIpc) is 2.73. The fourth-order valence-corrected chi connectivity index (χ4v) is 3.31. The minimum absolute atomic E-state index is 0.196. The zero-order valence-corrected chi connectivity index (χ0v) is 18.0. The Bertz CT molecular complexity index is 822. The maximum absolute atomic E-state index is 12.2. The van der Waals surface area contributed by atoms with Gasteiger partial charge in [-0.15, -0.1) is 11.8 Å². The molecule has 0 aliphatic rings. The van der Waals surface area contributed by atoms with Gasteiger partial charge >= 0.3 is 5.97 Å². The lowest BCUT2D eigenvalue weighted by Crippen LogP contribution is -2.35. The fraction of sp³-hybridized carbons (Fsp3) is 0.364. The summed E-state index contributed by atoms with van der Waals surface area (Å²) in [5.41, 5.74) is 3.20. The van der Waals surface area contributed by atoms with Gasteiger partial charge in [-0.1, -0.05) is 35.9 Å². The van der Waals surface area contributed by atoms with Gasteiger partial charge in [-0.2, -0.15) is 0 Å². The molecule has 0 radical (unpaired) electrons. The lowest BCUT2D eigenvalue weighted by Gasteiger charge is -2.14. The number of ether oxygens (including phenoxy) is 3. The first-order valence-corrected chi connectivity index (χ1v) is 10.4. The van der Waals surface area contributed by atoms with Crippen LogP contribution in [0.25, 0.3) is 0 Å². The molecule has 0 saturated carbocycles. The number of hydrogen-bond donors (Lipinski definition) is 1. The molecule has 6 nitrogen and oxygen atoms in total. The van der Waals surface area contributed by atoms with Gasteiger partial charge in [0.25, 0.3) is 5.91 Å². The molecule has 2 aromatic carbocycles. The first-order chi connectivity index (χ1) is 13.9. The van der Waals surface area contributed by atoms with Crippen molar-refractivity contribution < 1.29 is 23.8 Å². The molecule has 2 rings (SSSR count). The normalized spacial score (nSPS) is 11.4. The highest BCUT2D eigenvalue weighted by atomic mass is 32.2. The van der Waals surface area contributed by atoms with E-state index in [0.717, 1.165) is 16.9 Å². The number of benzene rings is 2. The molecule has 0 saturated heterocycles. The van der Waals surface area contributed by atoms with Gasteiger partial charge in [-0.3, -0.25) is 9.59 Å². The number of carbonyl (C=O) groups is 2. The van der Waals surface area contributed by atoms with Crippen molar-refractivity contribution in [1.82, 2.24) is 5.32 Å². The van der Waals surface area contributed by atoms with Crippen LogP contribution in [-0.4, -0.2) is 38.0 Å². The summed E-state index contributed by atoms with van der Waals surface area (Å²) in [4.78, 5) is 24.2. The highest BCUT2D eigenvalue weighted by Crippen LogP contribution is 2.27. The van der Waals surface area contributed by atoms with Gasteiger partial charge < -0.3 is 19.5 Å². The Morgan fingerprint density at radius 2 is 1.66 bits per heavy atom. The summed E-state index contributed by atoms with van der Waals surface area (Å²) >= 11 is 1.46. The number of amides is 1. The van der Waals surface area contributed by atoms with Gasteiger partial charge in [0.1, 0.15) is 0 Å². The fourth-order valence-electron chi connectivity index (χ4n) is 2.54. The molecule has 2 aromatic rings. The third-order valence-electron chi connectivity index (χ3n) is 4.20. The standard InChI is InChI=1S/C22H27NO5S/c1-15-5-7-17(8-6-15)13-29-14-21(24)28-16(2)22(25)23-12-18-9-10-19(26-3)20(11-18)27-4/h5-11,16H,12-14H2,1-4H3,(H,23,25)/t16-/m1/s1. The molecule has 29 heavy (non-hydrogen) atoms. The number of rotatable bonds is 10. The minimum Gasteiger partial charge on any atom is -0.493 e. The maximum atomic E-state index is 12.2. The molecule has 0 aliphatic heterocycles. The van der Waals surface area contributed by atoms with Crippen LogP contribution in [-0.2, 0) is 26.6 Å². The number of thioether (sulfide) groups is 1. The molecular weight excluding hydrogens is 390 g/mol. The van der Waals surface area contributed by atoms with Crippen molar-refractivity contribution in [3.05, 3.63) is 59.2 Å². The summed E-state index contributed by atoms with van der Waals surface area (Å²) in [6.07, 6.45) is -0.859. The Morgan fingerprint density at radius 1 is 1.00 bits per heavy atom. The maximum Gasteiger partial charge on any atom is 0.316 e. The van der Waals surface area contributed by atoms with Gasteiger partial charge in [0.15, 0.2) is 17.6 Å². The summed E-state index contributed by atoms with van der Waals surface area (Å²) in [7, 11) is 3.12. The Morgan fingerprint density at radius 3 is 2.31 bits per heavy atom. The predicted octanol–water partition coefficient (Wildman–Crippen LogP) is 3.49. The summed E-state index contributed by atoms with van der Waals surface area (Å²) in [6.45, 7) is 3.89. The average molecular weight is 418 g/mol. The van der Waals surface area contributed by atoms with E-state index in [1.807, 2.05) is 37.3 Å². The van der Waals surface area contributed by atoms with E-state index < -0.39 is 12.1 Å². The van der Waals surface area contributed by atoms with Crippen LogP contribution in [0.2, 0.25) is 0 Å². The Kier molecular flexibility index (Phi) is 8.86. The second kappa shape index (κ2) is 11.4. The van der Waals surface area contributed by atoms with E-state index in [1.165, 1.54) is 17.3 Å². The van der Waals surface area contributed by atoms with Crippen molar-refractivity contribution in [1.29, 1.82) is 0 Å². The van der Waals surface area contributed by atoms with E-state index in [1.54, 1.807) is 33.3 Å². The molecule has 1 amide bonds. The molecule has 0 spiro atoms. The van der Waals surface area contributed by atoms with Crippen LogP contribution in [0, 0.1) is 6.92 Å². The van der Waals surface area contributed by atoms with Gasteiger partial charge in [-0.05, 0) is 37.1 Å². The third kappa shape index (κ3) is 7.34. The minimum atomic E-state index is -0.859. The first kappa shape index (κ1) is 22.6. The van der Waals surface area contributed by atoms with Crippen LogP contribution in [0.4, 0.5) is 0 Å². The third-order valence-corrected chi connectivity index (χ3v) is 5.18. The number of nitrogens with one attached hydrogen (secondary N) is 1. The van der Waals surface area contributed by atoms with Crippen LogP contribution in [0.1, 0.15) is 23.6 Å². The van der Waals surface area contributed by atoms with Crippen molar-refractivity contribution in [2.45, 2.75) is 32.2 Å². The molecule has 0 aliphatic carbocycles. The zero-order valence-electron chi connectivity index (χ0n) is 17.2. The first-order valence-electron chi connectivity index (χ1n) is 9.24. The molecule has 0 aromatic heterocycles. The summed E-state index contributed by atoms with van der Waals surface area (Å²) < 4.78 is 15.7. The van der Waals surface area contributed by atoms with E-state index >= 15 is 0 Å². The van der Waals surface area contributed by atoms with Crippen LogP contribution in [0.3, 0.4) is 0 Å². The van der Waals surface area contributed by atoms with Crippen molar-refractivity contribution in [3.63, 3.8) is 0 Å². The smallest absolute Gasteiger partial charge is 0.316 e. The largest absolute Gasteiger partial charge is 0.493 e. The van der Waals surface area contributed by atoms with Crippen LogP contribution in [0.5, 0.6) is 11.5 Å². The van der Waals surface area contributed by atoms with Crippen LogP contribution in [0.15, 0.2) is 42.5 Å².